The van der Waals surface area contributed by atoms with Gasteiger partial charge in [0.1, 0.15) is 7.05 Å². The van der Waals surface area contributed by atoms with Gasteiger partial charge in [0, 0.05) is 36.3 Å². The lowest BCUT2D eigenvalue weighted by molar-refractivity contribution is -0.00000826. The number of halogens is 1. The monoisotopic (exact) mass is 500 g/mol. The molecule has 0 fully saturated rings. The summed E-state index contributed by atoms with van der Waals surface area (Å²) in [4.78, 5) is 2.46. The second-order valence-corrected chi connectivity index (χ2v) is 12.2. The molecule has 0 aromatic heterocycles. The van der Waals surface area contributed by atoms with E-state index >= 15 is 0 Å². The fourth-order valence-corrected chi connectivity index (χ4v) is 6.57. The molecule has 2 heterocycles. The molecule has 0 amide bonds. The molecule has 0 radical (unpaired) electrons. The molecule has 36 heavy (non-hydrogen) atoms. The van der Waals surface area contributed by atoms with Gasteiger partial charge >= 0.3 is 0 Å². The van der Waals surface area contributed by atoms with Crippen molar-refractivity contribution in [2.75, 3.05) is 19.0 Å². The van der Waals surface area contributed by atoms with Crippen LogP contribution in [0.1, 0.15) is 88.5 Å². The molecule has 2 aliphatic heterocycles. The van der Waals surface area contributed by atoms with Crippen molar-refractivity contribution >= 4 is 11.3 Å². The Kier molecular flexibility index (Phi) is 6.90. The summed E-state index contributed by atoms with van der Waals surface area (Å²) in [6.45, 7) is 14.2. The molecule has 0 bridgehead atoms. The van der Waals surface area contributed by atoms with E-state index < -0.39 is 0 Å². The predicted molar refractivity (Wildman–Crippen MR) is 150 cm³/mol. The topological polar surface area (TPSA) is 6.25 Å². The third-order valence-electron chi connectivity index (χ3n) is 8.91. The van der Waals surface area contributed by atoms with Crippen LogP contribution in [-0.4, -0.2) is 25.2 Å². The van der Waals surface area contributed by atoms with Crippen LogP contribution < -0.4 is 32.5 Å². The lowest BCUT2D eigenvalue weighted by atomic mass is 9.79. The Labute approximate surface area is 223 Å². The average Bonchev–Trinajstić information content (AvgIpc) is 2.82. The summed E-state index contributed by atoms with van der Waals surface area (Å²) in [7, 11) is 4.49. The van der Waals surface area contributed by atoms with E-state index in [1.54, 1.807) is 0 Å². The van der Waals surface area contributed by atoms with Crippen LogP contribution in [-0.2, 0) is 0 Å². The van der Waals surface area contributed by atoms with Crippen molar-refractivity contribution in [1.29, 1.82) is 0 Å². The maximum Gasteiger partial charge on any atom is 0.203 e. The van der Waals surface area contributed by atoms with Crippen LogP contribution >= 0.6 is 0 Å². The van der Waals surface area contributed by atoms with E-state index in [0.717, 1.165) is 0 Å². The van der Waals surface area contributed by atoms with Gasteiger partial charge < -0.3 is 17.3 Å². The molecule has 2 aliphatic rings. The van der Waals surface area contributed by atoms with Crippen molar-refractivity contribution < 1.29 is 12.4 Å². The van der Waals surface area contributed by atoms with E-state index in [2.05, 4.69) is 132 Å². The molecule has 0 spiro atoms. The highest BCUT2D eigenvalue weighted by molar-refractivity contribution is 5.81. The van der Waals surface area contributed by atoms with Gasteiger partial charge in [-0.2, -0.15) is 0 Å². The molecule has 2 unspecified atom stereocenters. The largest absolute Gasteiger partial charge is 1.00 e. The molecule has 5 rings (SSSR count). The van der Waals surface area contributed by atoms with Crippen LogP contribution in [0.25, 0.3) is 5.57 Å². The molecular weight excluding hydrogens is 460 g/mol. The van der Waals surface area contributed by atoms with Gasteiger partial charge in [0.15, 0.2) is 5.54 Å². The lowest BCUT2D eigenvalue weighted by Gasteiger charge is -2.45. The molecule has 3 aromatic carbocycles. The van der Waals surface area contributed by atoms with Crippen molar-refractivity contribution in [2.45, 2.75) is 77.3 Å². The van der Waals surface area contributed by atoms with Crippen LogP contribution in [0.15, 0.2) is 66.7 Å². The summed E-state index contributed by atoms with van der Waals surface area (Å²) in [5, 5.41) is 2.68. The second kappa shape index (κ2) is 9.38. The van der Waals surface area contributed by atoms with Crippen LogP contribution in [0.3, 0.4) is 0 Å². The smallest absolute Gasteiger partial charge is 0.203 e. The third kappa shape index (κ3) is 4.39. The van der Waals surface area contributed by atoms with Crippen LogP contribution in [0.5, 0.6) is 0 Å². The first kappa shape index (κ1) is 26.5. The van der Waals surface area contributed by atoms with Crippen LogP contribution in [0, 0.1) is 0 Å². The maximum atomic E-state index is 2.46. The molecule has 0 saturated heterocycles. The summed E-state index contributed by atoms with van der Waals surface area (Å²) >= 11 is 0. The molecule has 2 nitrogen and oxygen atoms in total. The Morgan fingerprint density at radius 2 is 1.47 bits per heavy atom. The quantitative estimate of drug-likeness (QED) is 0.490. The number of hydrogen-bond acceptors (Lipinski definition) is 1. The standard InChI is InChI=1S/C33H41N2.ClH/c1-22-20-32(3,4)34(7)29-16-14-25(18-27(22)29)31(24-12-10-9-11-13-24)26-15-17-30-28(19-26)23(2)21-33(5,6)35(30)8;/h9-19,22-23H,20-21H2,1-8H3;1H/q+1;/p-1. The predicted octanol–water partition coefficient (Wildman–Crippen LogP) is 3.07. The van der Waals surface area contributed by atoms with Gasteiger partial charge in [-0.1, -0.05) is 50.2 Å². The summed E-state index contributed by atoms with van der Waals surface area (Å²) in [5.74, 6) is 1.07. The van der Waals surface area contributed by atoms with Crippen molar-refractivity contribution in [1.82, 2.24) is 4.58 Å². The van der Waals surface area contributed by atoms with E-state index in [-0.39, 0.29) is 23.5 Å². The van der Waals surface area contributed by atoms with Crippen molar-refractivity contribution in [2.24, 2.45) is 0 Å². The van der Waals surface area contributed by atoms with E-state index in [0.29, 0.717) is 11.8 Å². The first-order valence-electron chi connectivity index (χ1n) is 13.2. The van der Waals surface area contributed by atoms with Gasteiger partial charge in [-0.3, -0.25) is 0 Å². The Morgan fingerprint density at radius 3 is 2.17 bits per heavy atom. The van der Waals surface area contributed by atoms with Crippen molar-refractivity contribution in [3.05, 3.63) is 99.6 Å². The molecular formula is C33H41ClN2. The van der Waals surface area contributed by atoms with E-state index in [4.69, 9.17) is 0 Å². The summed E-state index contributed by atoms with van der Waals surface area (Å²) in [5.41, 5.74) is 8.57. The first-order valence-corrected chi connectivity index (χ1v) is 13.2. The van der Waals surface area contributed by atoms with Crippen LogP contribution in [0.4, 0.5) is 5.69 Å². The highest BCUT2D eigenvalue weighted by Crippen LogP contribution is 2.43. The fourth-order valence-electron chi connectivity index (χ4n) is 6.57. The summed E-state index contributed by atoms with van der Waals surface area (Å²) in [6, 6.07) is 25.2. The normalized spacial score (nSPS) is 22.8. The van der Waals surface area contributed by atoms with E-state index in [1.807, 2.05) is 0 Å². The van der Waals surface area contributed by atoms with Gasteiger partial charge in [0.25, 0.3) is 0 Å². The Bertz CT molecular complexity index is 1400. The van der Waals surface area contributed by atoms with E-state index in [1.165, 1.54) is 56.9 Å². The molecule has 190 valence electrons. The number of anilines is 1. The van der Waals surface area contributed by atoms with Gasteiger partial charge in [-0.25, -0.2) is 4.58 Å². The summed E-state index contributed by atoms with van der Waals surface area (Å²) in [6.07, 6.45) is 2.33. The fraction of sp³-hybridized carbons (Fsp3) is 0.424. The zero-order chi connectivity index (χ0) is 25.1. The zero-order valence-corrected chi connectivity index (χ0v) is 23.9. The first-order chi connectivity index (χ1) is 16.5. The lowest BCUT2D eigenvalue weighted by Crippen LogP contribution is -3.00. The minimum absolute atomic E-state index is 0. The Hall–Kier alpha value is -2.58. The Balaban J connectivity index is 0.00000304. The SMILES string of the molecule is CC1CC(C)(C)N(C)c2ccc(C(c3ccccc3)=c3ccc4c(c3)C(C)CC(C)(C)[N+]=4C)cc21.[Cl-]. The van der Waals surface area contributed by atoms with Crippen LogP contribution in [0.2, 0.25) is 0 Å². The minimum atomic E-state index is 0. The number of hydrogen-bond donors (Lipinski definition) is 0. The molecule has 0 saturated carbocycles. The molecule has 3 aromatic rings. The highest BCUT2D eigenvalue weighted by Gasteiger charge is 2.36. The van der Waals surface area contributed by atoms with Gasteiger partial charge in [-0.05, 0) is 97.7 Å². The zero-order valence-electron chi connectivity index (χ0n) is 23.2. The molecule has 3 heteroatoms. The number of nitrogens with zero attached hydrogens (tertiary/aromatic N) is 2. The van der Waals surface area contributed by atoms with Gasteiger partial charge in [0.05, 0.1) is 0 Å². The van der Waals surface area contributed by atoms with E-state index in [9.17, 15) is 0 Å². The molecule has 0 N–H and O–H groups in total. The molecule has 2 atom stereocenters. The second-order valence-electron chi connectivity index (χ2n) is 12.2. The summed E-state index contributed by atoms with van der Waals surface area (Å²) < 4.78 is 2.46. The van der Waals surface area contributed by atoms with Gasteiger partial charge in [-0.15, -0.1) is 0 Å². The number of benzene rings is 3. The minimum Gasteiger partial charge on any atom is -1.00 e. The third-order valence-corrected chi connectivity index (χ3v) is 8.91. The number of rotatable bonds is 2. The maximum absolute atomic E-state index is 2.46. The Morgan fingerprint density at radius 1 is 0.806 bits per heavy atom. The average molecular weight is 501 g/mol. The van der Waals surface area contributed by atoms with Crippen molar-refractivity contribution in [3.8, 4) is 0 Å². The molecule has 0 aliphatic carbocycles. The number of fused-ring (bicyclic) bond motifs is 2. The highest BCUT2D eigenvalue weighted by atomic mass is 35.5. The van der Waals surface area contributed by atoms with Gasteiger partial charge in [0.2, 0.25) is 5.36 Å². The van der Waals surface area contributed by atoms with Crippen molar-refractivity contribution in [3.63, 3.8) is 0 Å².